The third kappa shape index (κ3) is 4.90. The Labute approximate surface area is 170 Å². The average molecular weight is 418 g/mol. The van der Waals surface area contributed by atoms with Crippen molar-refractivity contribution in [1.82, 2.24) is 9.21 Å². The van der Waals surface area contributed by atoms with E-state index in [2.05, 4.69) is 6.58 Å². The van der Waals surface area contributed by atoms with Crippen molar-refractivity contribution >= 4 is 15.9 Å². The zero-order valence-corrected chi connectivity index (χ0v) is 16.8. The zero-order chi connectivity index (χ0) is 20.9. The molecule has 0 saturated carbocycles. The molecule has 1 saturated heterocycles. The standard InChI is InChI=1S/C21H23FN2O4S/c1-2-11-23(16-18-5-3-4-6-20(18)22)21(25)17-7-9-19(10-8-17)29(26,27)24-12-14-28-15-13-24/h2-10H,1,11-16H2. The molecule has 0 radical (unpaired) electrons. The lowest BCUT2D eigenvalue weighted by Gasteiger charge is -2.26. The highest BCUT2D eigenvalue weighted by Gasteiger charge is 2.26. The molecule has 2 aromatic rings. The Morgan fingerprint density at radius 2 is 1.79 bits per heavy atom. The summed E-state index contributed by atoms with van der Waals surface area (Å²) in [5, 5.41) is 0. The number of nitrogens with zero attached hydrogens (tertiary/aromatic N) is 2. The molecule has 0 spiro atoms. The summed E-state index contributed by atoms with van der Waals surface area (Å²) in [5.41, 5.74) is 0.721. The van der Waals surface area contributed by atoms with Gasteiger partial charge in [0.25, 0.3) is 5.91 Å². The molecule has 154 valence electrons. The van der Waals surface area contributed by atoms with Crippen LogP contribution in [0.5, 0.6) is 0 Å². The van der Waals surface area contributed by atoms with Crippen LogP contribution in [0.15, 0.2) is 66.1 Å². The van der Waals surface area contributed by atoms with Gasteiger partial charge in [-0.15, -0.1) is 6.58 Å². The maximum Gasteiger partial charge on any atom is 0.254 e. The number of hydrogen-bond acceptors (Lipinski definition) is 4. The number of carbonyl (C=O) groups is 1. The summed E-state index contributed by atoms with van der Waals surface area (Å²) in [6.45, 7) is 5.32. The summed E-state index contributed by atoms with van der Waals surface area (Å²) in [6, 6.07) is 12.1. The van der Waals surface area contributed by atoms with Crippen LogP contribution in [0, 0.1) is 5.82 Å². The first kappa shape index (κ1) is 21.2. The first-order valence-corrected chi connectivity index (χ1v) is 10.7. The lowest BCUT2D eigenvalue weighted by molar-refractivity contribution is 0.0730. The van der Waals surface area contributed by atoms with Crippen LogP contribution in [0.4, 0.5) is 4.39 Å². The van der Waals surface area contributed by atoms with E-state index in [1.165, 1.54) is 39.5 Å². The van der Waals surface area contributed by atoms with Crippen molar-refractivity contribution in [3.05, 3.63) is 78.1 Å². The molecule has 1 amide bonds. The Hall–Kier alpha value is -2.55. The maximum atomic E-state index is 14.0. The fourth-order valence-corrected chi connectivity index (χ4v) is 4.50. The Bertz CT molecular complexity index is 970. The van der Waals surface area contributed by atoms with Gasteiger partial charge in [-0.2, -0.15) is 4.31 Å². The SMILES string of the molecule is C=CCN(Cc1ccccc1F)C(=O)c1ccc(S(=O)(=O)N2CCOCC2)cc1. The van der Waals surface area contributed by atoms with Gasteiger partial charge < -0.3 is 9.64 Å². The third-order valence-electron chi connectivity index (χ3n) is 4.66. The van der Waals surface area contributed by atoms with Gasteiger partial charge in [-0.3, -0.25) is 4.79 Å². The van der Waals surface area contributed by atoms with E-state index in [4.69, 9.17) is 4.74 Å². The number of ether oxygens (including phenoxy) is 1. The predicted molar refractivity (Wildman–Crippen MR) is 107 cm³/mol. The fraction of sp³-hybridized carbons (Fsp3) is 0.286. The second-order valence-electron chi connectivity index (χ2n) is 6.61. The van der Waals surface area contributed by atoms with Crippen molar-refractivity contribution in [3.8, 4) is 0 Å². The summed E-state index contributed by atoms with van der Waals surface area (Å²) >= 11 is 0. The molecular formula is C21H23FN2O4S. The Morgan fingerprint density at radius 1 is 1.14 bits per heavy atom. The van der Waals surface area contributed by atoms with E-state index in [0.717, 1.165) is 0 Å². The zero-order valence-electron chi connectivity index (χ0n) is 16.0. The van der Waals surface area contributed by atoms with E-state index < -0.39 is 10.0 Å². The molecule has 0 bridgehead atoms. The number of sulfonamides is 1. The van der Waals surface area contributed by atoms with Crippen LogP contribution >= 0.6 is 0 Å². The summed E-state index contributed by atoms with van der Waals surface area (Å²) in [6.07, 6.45) is 1.57. The van der Waals surface area contributed by atoms with Gasteiger partial charge in [0.2, 0.25) is 10.0 Å². The van der Waals surface area contributed by atoms with Crippen LogP contribution in [0.25, 0.3) is 0 Å². The second-order valence-corrected chi connectivity index (χ2v) is 8.54. The van der Waals surface area contributed by atoms with Crippen molar-refractivity contribution in [3.63, 3.8) is 0 Å². The van der Waals surface area contributed by atoms with E-state index in [1.54, 1.807) is 24.3 Å². The van der Waals surface area contributed by atoms with Gasteiger partial charge in [-0.25, -0.2) is 12.8 Å². The van der Waals surface area contributed by atoms with Crippen LogP contribution in [0.3, 0.4) is 0 Å². The number of morpholine rings is 1. The van der Waals surface area contributed by atoms with Crippen LogP contribution in [-0.2, 0) is 21.3 Å². The van der Waals surface area contributed by atoms with Gasteiger partial charge in [0.05, 0.1) is 18.1 Å². The Kier molecular flexibility index (Phi) is 6.79. The Morgan fingerprint density at radius 3 is 2.41 bits per heavy atom. The van der Waals surface area contributed by atoms with E-state index in [-0.39, 0.29) is 29.7 Å². The van der Waals surface area contributed by atoms with Crippen LogP contribution in [0.2, 0.25) is 0 Å². The number of halogens is 1. The first-order chi connectivity index (χ1) is 13.9. The molecule has 1 aliphatic heterocycles. The van der Waals surface area contributed by atoms with Crippen molar-refractivity contribution in [2.24, 2.45) is 0 Å². The lowest BCUT2D eigenvalue weighted by Crippen LogP contribution is -2.40. The van der Waals surface area contributed by atoms with Crippen molar-refractivity contribution < 1.29 is 22.3 Å². The minimum Gasteiger partial charge on any atom is -0.379 e. The number of carbonyl (C=O) groups excluding carboxylic acids is 1. The molecule has 29 heavy (non-hydrogen) atoms. The Balaban J connectivity index is 1.79. The van der Waals surface area contributed by atoms with Gasteiger partial charge in [-0.1, -0.05) is 24.3 Å². The quantitative estimate of drug-likeness (QED) is 0.649. The summed E-state index contributed by atoms with van der Waals surface area (Å²) < 4.78 is 45.9. The molecule has 0 unspecified atom stereocenters. The van der Waals surface area contributed by atoms with Crippen molar-refractivity contribution in [2.75, 3.05) is 32.8 Å². The molecule has 2 aromatic carbocycles. The first-order valence-electron chi connectivity index (χ1n) is 9.25. The van der Waals surface area contributed by atoms with Gasteiger partial charge in [0, 0.05) is 37.3 Å². The summed E-state index contributed by atoms with van der Waals surface area (Å²) in [4.78, 5) is 14.5. The fourth-order valence-electron chi connectivity index (χ4n) is 3.10. The van der Waals surface area contributed by atoms with Gasteiger partial charge in [0.1, 0.15) is 5.82 Å². The molecule has 0 N–H and O–H groups in total. The third-order valence-corrected chi connectivity index (χ3v) is 6.58. The summed E-state index contributed by atoms with van der Waals surface area (Å²) in [7, 11) is -3.63. The maximum absolute atomic E-state index is 14.0. The number of hydrogen-bond donors (Lipinski definition) is 0. The van der Waals surface area contributed by atoms with Crippen LogP contribution < -0.4 is 0 Å². The van der Waals surface area contributed by atoms with Crippen LogP contribution in [-0.4, -0.2) is 56.4 Å². The molecular weight excluding hydrogens is 395 g/mol. The van der Waals surface area contributed by atoms with Gasteiger partial charge >= 0.3 is 0 Å². The molecule has 3 rings (SSSR count). The van der Waals surface area contributed by atoms with Crippen LogP contribution in [0.1, 0.15) is 15.9 Å². The highest BCUT2D eigenvalue weighted by atomic mass is 32.2. The smallest absolute Gasteiger partial charge is 0.254 e. The van der Waals surface area contributed by atoms with E-state index >= 15 is 0 Å². The molecule has 0 aromatic heterocycles. The highest BCUT2D eigenvalue weighted by Crippen LogP contribution is 2.19. The van der Waals surface area contributed by atoms with Crippen molar-refractivity contribution in [2.45, 2.75) is 11.4 Å². The lowest BCUT2D eigenvalue weighted by atomic mass is 10.1. The molecule has 1 aliphatic rings. The predicted octanol–water partition coefficient (Wildman–Crippen LogP) is 2.68. The molecule has 0 atom stereocenters. The van der Waals surface area contributed by atoms with Crippen molar-refractivity contribution in [1.29, 1.82) is 0 Å². The number of rotatable bonds is 7. The monoisotopic (exact) mass is 418 g/mol. The largest absolute Gasteiger partial charge is 0.379 e. The second kappa shape index (κ2) is 9.30. The number of benzene rings is 2. The molecule has 6 nitrogen and oxygen atoms in total. The minimum atomic E-state index is -3.63. The normalized spacial score (nSPS) is 15.1. The number of amides is 1. The van der Waals surface area contributed by atoms with E-state index in [0.29, 0.717) is 37.4 Å². The molecule has 0 aliphatic carbocycles. The minimum absolute atomic E-state index is 0.0886. The summed E-state index contributed by atoms with van der Waals surface area (Å²) in [5.74, 6) is -0.718. The molecule has 1 fully saturated rings. The molecule has 1 heterocycles. The highest BCUT2D eigenvalue weighted by molar-refractivity contribution is 7.89. The van der Waals surface area contributed by atoms with E-state index in [1.807, 2.05) is 0 Å². The van der Waals surface area contributed by atoms with E-state index in [9.17, 15) is 17.6 Å². The topological polar surface area (TPSA) is 66.9 Å². The van der Waals surface area contributed by atoms with Gasteiger partial charge in [0.15, 0.2) is 0 Å². The average Bonchev–Trinajstić information content (AvgIpc) is 2.75. The molecule has 8 heteroatoms. The van der Waals surface area contributed by atoms with Gasteiger partial charge in [-0.05, 0) is 30.3 Å².